The van der Waals surface area contributed by atoms with Gasteiger partial charge in [-0.15, -0.1) is 0 Å². The molecule has 0 radical (unpaired) electrons. The summed E-state index contributed by atoms with van der Waals surface area (Å²) in [4.78, 5) is 15.1. The summed E-state index contributed by atoms with van der Waals surface area (Å²) in [5, 5.41) is 0.860. The Balaban J connectivity index is 2.63. The van der Waals surface area contributed by atoms with Crippen LogP contribution in [0, 0.1) is 6.92 Å². The van der Waals surface area contributed by atoms with E-state index >= 15 is 0 Å². The number of thioether (sulfide) groups is 1. The number of rotatable bonds is 3. The van der Waals surface area contributed by atoms with Crippen molar-refractivity contribution in [1.29, 1.82) is 0 Å². The van der Waals surface area contributed by atoms with E-state index in [2.05, 4.69) is 25.7 Å². The normalized spacial score (nSPS) is 9.93. The quantitative estimate of drug-likeness (QED) is 0.628. The Bertz CT molecular complexity index is 344. The molecule has 0 N–H and O–H groups in total. The molecule has 0 saturated carbocycles. The molecule has 0 aromatic carbocycles. The van der Waals surface area contributed by atoms with Crippen molar-refractivity contribution >= 4 is 33.7 Å². The summed E-state index contributed by atoms with van der Waals surface area (Å²) < 4.78 is 5.48. The summed E-state index contributed by atoms with van der Waals surface area (Å²) in [5.41, 5.74) is 1.05. The zero-order chi connectivity index (χ0) is 10.6. The highest BCUT2D eigenvalue weighted by atomic mass is 79.9. The topological polar surface area (TPSA) is 39.2 Å². The molecule has 0 bridgehead atoms. The second-order valence-corrected chi connectivity index (χ2v) is 4.52. The number of carbonyl (C=O) groups is 1. The van der Waals surface area contributed by atoms with Crippen molar-refractivity contribution in [3.8, 4) is 0 Å². The lowest BCUT2D eigenvalue weighted by Crippen LogP contribution is -2.03. The molecule has 0 saturated heterocycles. The first-order chi connectivity index (χ1) is 6.63. The Morgan fingerprint density at radius 3 is 3.00 bits per heavy atom. The van der Waals surface area contributed by atoms with Gasteiger partial charge in [0.05, 0.1) is 17.9 Å². The Hall–Kier alpha value is -0.550. The predicted octanol–water partition coefficient (Wildman–Crippen LogP) is 2.42. The number of aryl methyl sites for hydroxylation is 1. The number of hydrogen-bond donors (Lipinski definition) is 0. The molecule has 0 aliphatic heterocycles. The highest BCUT2D eigenvalue weighted by molar-refractivity contribution is 9.10. The van der Waals surface area contributed by atoms with E-state index in [-0.39, 0.29) is 5.97 Å². The minimum atomic E-state index is -0.237. The largest absolute Gasteiger partial charge is 0.468 e. The molecule has 76 valence electrons. The standard InChI is InChI=1S/C9H10BrNO2S/c1-6-3-7(10)4-11-9(6)14-5-8(12)13-2/h3-4H,5H2,1-2H3. The van der Waals surface area contributed by atoms with Gasteiger partial charge in [0.1, 0.15) is 0 Å². The summed E-state index contributed by atoms with van der Waals surface area (Å²) in [6.45, 7) is 1.96. The van der Waals surface area contributed by atoms with Crippen LogP contribution in [0.5, 0.6) is 0 Å². The lowest BCUT2D eigenvalue weighted by Gasteiger charge is -2.03. The maximum absolute atomic E-state index is 10.9. The Morgan fingerprint density at radius 2 is 2.43 bits per heavy atom. The Labute approximate surface area is 95.4 Å². The lowest BCUT2D eigenvalue weighted by atomic mass is 10.3. The third-order valence-electron chi connectivity index (χ3n) is 1.55. The second kappa shape index (κ2) is 5.36. The Kier molecular flexibility index (Phi) is 4.41. The van der Waals surface area contributed by atoms with Crippen LogP contribution in [0.4, 0.5) is 0 Å². The molecule has 0 unspecified atom stereocenters. The van der Waals surface area contributed by atoms with E-state index in [1.165, 1.54) is 18.9 Å². The summed E-state index contributed by atoms with van der Waals surface area (Å²) >= 11 is 4.71. The molecule has 1 rings (SSSR count). The minimum Gasteiger partial charge on any atom is -0.468 e. The highest BCUT2D eigenvalue weighted by Gasteiger charge is 2.05. The maximum Gasteiger partial charge on any atom is 0.316 e. The zero-order valence-electron chi connectivity index (χ0n) is 7.91. The van der Waals surface area contributed by atoms with Crippen LogP contribution < -0.4 is 0 Å². The number of carbonyl (C=O) groups excluding carboxylic acids is 1. The van der Waals surface area contributed by atoms with Crippen molar-refractivity contribution in [1.82, 2.24) is 4.98 Å². The van der Waals surface area contributed by atoms with Crippen molar-refractivity contribution in [3.63, 3.8) is 0 Å². The van der Waals surface area contributed by atoms with Crippen LogP contribution >= 0.6 is 27.7 Å². The Morgan fingerprint density at radius 1 is 1.71 bits per heavy atom. The predicted molar refractivity (Wildman–Crippen MR) is 59.4 cm³/mol. The SMILES string of the molecule is COC(=O)CSc1ncc(Br)cc1C. The van der Waals surface area contributed by atoms with Gasteiger partial charge in [0.2, 0.25) is 0 Å². The summed E-state index contributed by atoms with van der Waals surface area (Å²) in [6.07, 6.45) is 1.71. The van der Waals surface area contributed by atoms with Crippen LogP contribution in [0.3, 0.4) is 0 Å². The molecule has 5 heteroatoms. The molecule has 0 aliphatic rings. The van der Waals surface area contributed by atoms with Gasteiger partial charge in [-0.05, 0) is 34.5 Å². The third kappa shape index (κ3) is 3.31. The van der Waals surface area contributed by atoms with Gasteiger partial charge < -0.3 is 4.74 Å². The van der Waals surface area contributed by atoms with E-state index in [1.54, 1.807) is 6.20 Å². The lowest BCUT2D eigenvalue weighted by molar-refractivity contribution is -0.137. The number of hydrogen-bond acceptors (Lipinski definition) is 4. The van der Waals surface area contributed by atoms with Crippen LogP contribution in [0.15, 0.2) is 21.8 Å². The van der Waals surface area contributed by atoms with Gasteiger partial charge >= 0.3 is 5.97 Å². The molecule has 1 aromatic heterocycles. The smallest absolute Gasteiger partial charge is 0.316 e. The van der Waals surface area contributed by atoms with Gasteiger partial charge in [-0.25, -0.2) is 4.98 Å². The number of pyridine rings is 1. The first-order valence-corrected chi connectivity index (χ1v) is 5.73. The number of esters is 1. The minimum absolute atomic E-state index is 0.237. The van der Waals surface area contributed by atoms with Crippen molar-refractivity contribution in [3.05, 3.63) is 22.3 Å². The van der Waals surface area contributed by atoms with Crippen molar-refractivity contribution in [2.75, 3.05) is 12.9 Å². The van der Waals surface area contributed by atoms with Crippen LogP contribution in [-0.4, -0.2) is 23.8 Å². The van der Waals surface area contributed by atoms with Crippen LogP contribution in [0.1, 0.15) is 5.56 Å². The number of nitrogens with zero attached hydrogens (tertiary/aromatic N) is 1. The third-order valence-corrected chi connectivity index (χ3v) is 3.07. The fourth-order valence-corrected chi connectivity index (χ4v) is 2.10. The van der Waals surface area contributed by atoms with Gasteiger partial charge in [-0.1, -0.05) is 11.8 Å². The van der Waals surface area contributed by atoms with E-state index in [0.29, 0.717) is 5.75 Å². The fraction of sp³-hybridized carbons (Fsp3) is 0.333. The maximum atomic E-state index is 10.9. The second-order valence-electron chi connectivity index (χ2n) is 2.64. The number of ether oxygens (including phenoxy) is 1. The van der Waals surface area contributed by atoms with Crippen molar-refractivity contribution in [2.24, 2.45) is 0 Å². The summed E-state index contributed by atoms with van der Waals surface area (Å²) in [7, 11) is 1.38. The highest BCUT2D eigenvalue weighted by Crippen LogP contribution is 2.22. The molecule has 0 amide bonds. The van der Waals surface area contributed by atoms with Crippen molar-refractivity contribution < 1.29 is 9.53 Å². The molecule has 0 fully saturated rings. The molecule has 0 spiro atoms. The van der Waals surface area contributed by atoms with E-state index in [1.807, 2.05) is 13.0 Å². The molecule has 1 heterocycles. The van der Waals surface area contributed by atoms with E-state index < -0.39 is 0 Å². The average Bonchev–Trinajstić information content (AvgIpc) is 2.16. The summed E-state index contributed by atoms with van der Waals surface area (Å²) in [5.74, 6) is 0.0607. The van der Waals surface area contributed by atoms with E-state index in [4.69, 9.17) is 0 Å². The first kappa shape index (κ1) is 11.5. The van der Waals surface area contributed by atoms with E-state index in [0.717, 1.165) is 15.1 Å². The van der Waals surface area contributed by atoms with Crippen LogP contribution in [-0.2, 0) is 9.53 Å². The van der Waals surface area contributed by atoms with Crippen LogP contribution in [0.2, 0.25) is 0 Å². The van der Waals surface area contributed by atoms with Gasteiger partial charge in [-0.2, -0.15) is 0 Å². The van der Waals surface area contributed by atoms with Gasteiger partial charge in [0.15, 0.2) is 0 Å². The molecular weight excluding hydrogens is 266 g/mol. The van der Waals surface area contributed by atoms with E-state index in [9.17, 15) is 4.79 Å². The van der Waals surface area contributed by atoms with Gasteiger partial charge in [0, 0.05) is 10.7 Å². The number of methoxy groups -OCH3 is 1. The molecular formula is C9H10BrNO2S. The van der Waals surface area contributed by atoms with Gasteiger partial charge in [-0.3, -0.25) is 4.79 Å². The summed E-state index contributed by atoms with van der Waals surface area (Å²) in [6, 6.07) is 1.96. The number of halogens is 1. The van der Waals surface area contributed by atoms with Crippen molar-refractivity contribution in [2.45, 2.75) is 11.9 Å². The molecule has 0 atom stereocenters. The molecule has 3 nitrogen and oxygen atoms in total. The van der Waals surface area contributed by atoms with Gasteiger partial charge in [0.25, 0.3) is 0 Å². The van der Waals surface area contributed by atoms with Crippen LogP contribution in [0.25, 0.3) is 0 Å². The molecule has 14 heavy (non-hydrogen) atoms. The molecule has 1 aromatic rings. The fourth-order valence-electron chi connectivity index (χ4n) is 0.865. The zero-order valence-corrected chi connectivity index (χ0v) is 10.3. The first-order valence-electron chi connectivity index (χ1n) is 3.95. The number of aromatic nitrogens is 1. The molecule has 0 aliphatic carbocycles. The monoisotopic (exact) mass is 275 g/mol. The average molecular weight is 276 g/mol.